The molecule has 0 aromatic carbocycles. The average molecular weight is 208 g/mol. The molecule has 1 heterocycles. The van der Waals surface area contributed by atoms with E-state index in [1.165, 1.54) is 0 Å². The van der Waals surface area contributed by atoms with E-state index in [1.807, 2.05) is 6.92 Å². The van der Waals surface area contributed by atoms with Crippen molar-refractivity contribution in [2.24, 2.45) is 5.73 Å². The van der Waals surface area contributed by atoms with Gasteiger partial charge in [-0.05, 0) is 26.8 Å². The van der Waals surface area contributed by atoms with Gasteiger partial charge >= 0.3 is 0 Å². The molecular formula is C10H16N4O. The van der Waals surface area contributed by atoms with Crippen LogP contribution >= 0.6 is 0 Å². The SMILES string of the molecule is Cc1cc(C(=O)NCC(C)N)c(C)nn1. The second kappa shape index (κ2) is 4.84. The number of carbonyl (C=O) groups is 1. The molecule has 0 fully saturated rings. The Morgan fingerprint density at radius 1 is 1.53 bits per heavy atom. The van der Waals surface area contributed by atoms with Crippen molar-refractivity contribution in [2.45, 2.75) is 26.8 Å². The van der Waals surface area contributed by atoms with Crippen molar-refractivity contribution in [2.75, 3.05) is 6.54 Å². The van der Waals surface area contributed by atoms with Gasteiger partial charge < -0.3 is 11.1 Å². The zero-order valence-electron chi connectivity index (χ0n) is 9.24. The second-order valence-corrected chi connectivity index (χ2v) is 3.67. The summed E-state index contributed by atoms with van der Waals surface area (Å²) in [6.45, 7) is 5.85. The van der Waals surface area contributed by atoms with Gasteiger partial charge in [0.1, 0.15) is 0 Å². The zero-order valence-corrected chi connectivity index (χ0v) is 9.24. The lowest BCUT2D eigenvalue weighted by Crippen LogP contribution is -2.35. The molecule has 1 aromatic rings. The largest absolute Gasteiger partial charge is 0.350 e. The number of nitrogens with two attached hydrogens (primary N) is 1. The lowest BCUT2D eigenvalue weighted by molar-refractivity contribution is 0.0950. The van der Waals surface area contributed by atoms with Crippen LogP contribution in [-0.2, 0) is 0 Å². The van der Waals surface area contributed by atoms with Crippen LogP contribution in [0.4, 0.5) is 0 Å². The molecule has 15 heavy (non-hydrogen) atoms. The number of hydrogen-bond donors (Lipinski definition) is 2. The molecule has 1 unspecified atom stereocenters. The van der Waals surface area contributed by atoms with Crippen molar-refractivity contribution in [3.63, 3.8) is 0 Å². The molecule has 0 aliphatic carbocycles. The van der Waals surface area contributed by atoms with E-state index in [4.69, 9.17) is 5.73 Å². The number of carbonyl (C=O) groups excluding carboxylic acids is 1. The minimum atomic E-state index is -0.150. The highest BCUT2D eigenvalue weighted by Gasteiger charge is 2.10. The molecule has 1 atom stereocenters. The first-order chi connectivity index (χ1) is 7.00. The minimum Gasteiger partial charge on any atom is -0.350 e. The molecule has 5 heteroatoms. The van der Waals surface area contributed by atoms with Gasteiger partial charge in [-0.2, -0.15) is 10.2 Å². The predicted molar refractivity (Wildman–Crippen MR) is 57.5 cm³/mol. The van der Waals surface area contributed by atoms with E-state index in [9.17, 15) is 4.79 Å². The van der Waals surface area contributed by atoms with Crippen LogP contribution in [0.5, 0.6) is 0 Å². The van der Waals surface area contributed by atoms with E-state index in [0.29, 0.717) is 17.8 Å². The van der Waals surface area contributed by atoms with Crippen LogP contribution < -0.4 is 11.1 Å². The average Bonchev–Trinajstić information content (AvgIpc) is 2.18. The Bertz CT molecular complexity index is 362. The van der Waals surface area contributed by atoms with Gasteiger partial charge in [-0.3, -0.25) is 4.79 Å². The van der Waals surface area contributed by atoms with Crippen LogP contribution in [0.1, 0.15) is 28.7 Å². The fourth-order valence-corrected chi connectivity index (χ4v) is 1.13. The van der Waals surface area contributed by atoms with Crippen molar-refractivity contribution in [3.8, 4) is 0 Å². The summed E-state index contributed by atoms with van der Waals surface area (Å²) < 4.78 is 0. The summed E-state index contributed by atoms with van der Waals surface area (Å²) in [6, 6.07) is 1.67. The third-order valence-electron chi connectivity index (χ3n) is 1.93. The summed E-state index contributed by atoms with van der Waals surface area (Å²) >= 11 is 0. The van der Waals surface area contributed by atoms with Gasteiger partial charge in [0.2, 0.25) is 0 Å². The van der Waals surface area contributed by atoms with E-state index in [1.54, 1.807) is 19.9 Å². The number of nitrogens with zero attached hydrogens (tertiary/aromatic N) is 2. The van der Waals surface area contributed by atoms with Crippen molar-refractivity contribution in [1.82, 2.24) is 15.5 Å². The third kappa shape index (κ3) is 3.28. The van der Waals surface area contributed by atoms with Crippen molar-refractivity contribution < 1.29 is 4.79 Å². The second-order valence-electron chi connectivity index (χ2n) is 3.67. The van der Waals surface area contributed by atoms with Gasteiger partial charge in [0.05, 0.1) is 17.0 Å². The Morgan fingerprint density at radius 2 is 2.20 bits per heavy atom. The molecule has 0 aliphatic heterocycles. The molecule has 1 amide bonds. The lowest BCUT2D eigenvalue weighted by atomic mass is 10.2. The first-order valence-corrected chi connectivity index (χ1v) is 4.85. The zero-order chi connectivity index (χ0) is 11.4. The molecular weight excluding hydrogens is 192 g/mol. The van der Waals surface area contributed by atoms with Gasteiger partial charge in [-0.15, -0.1) is 0 Å². The predicted octanol–water partition coefficient (Wildman–Crippen LogP) is 0.170. The molecule has 0 bridgehead atoms. The summed E-state index contributed by atoms with van der Waals surface area (Å²) in [5.74, 6) is -0.150. The van der Waals surface area contributed by atoms with Crippen LogP contribution in [-0.4, -0.2) is 28.7 Å². The first-order valence-electron chi connectivity index (χ1n) is 4.85. The topological polar surface area (TPSA) is 80.9 Å². The standard InChI is InChI=1S/C10H16N4O/c1-6(11)5-12-10(15)9-4-7(2)13-14-8(9)3/h4,6H,5,11H2,1-3H3,(H,12,15). The molecule has 1 rings (SSSR count). The maximum Gasteiger partial charge on any atom is 0.253 e. The number of hydrogen-bond acceptors (Lipinski definition) is 4. The number of rotatable bonds is 3. The van der Waals surface area contributed by atoms with Crippen LogP contribution in [0.25, 0.3) is 0 Å². The van der Waals surface area contributed by atoms with E-state index < -0.39 is 0 Å². The minimum absolute atomic E-state index is 0.0508. The highest BCUT2D eigenvalue weighted by molar-refractivity contribution is 5.95. The highest BCUT2D eigenvalue weighted by Crippen LogP contribution is 2.04. The van der Waals surface area contributed by atoms with Crippen LogP contribution in [0.3, 0.4) is 0 Å². The molecule has 0 saturated heterocycles. The van der Waals surface area contributed by atoms with E-state index in [-0.39, 0.29) is 11.9 Å². The molecule has 0 spiro atoms. The molecule has 0 aliphatic rings. The number of nitrogens with one attached hydrogen (secondary N) is 1. The van der Waals surface area contributed by atoms with E-state index >= 15 is 0 Å². The fraction of sp³-hybridized carbons (Fsp3) is 0.500. The van der Waals surface area contributed by atoms with Crippen LogP contribution in [0.2, 0.25) is 0 Å². The molecule has 5 nitrogen and oxygen atoms in total. The summed E-state index contributed by atoms with van der Waals surface area (Å²) in [5, 5.41) is 10.5. The Kier molecular flexibility index (Phi) is 3.74. The maximum absolute atomic E-state index is 11.7. The lowest BCUT2D eigenvalue weighted by Gasteiger charge is -2.09. The van der Waals surface area contributed by atoms with Crippen molar-refractivity contribution in [1.29, 1.82) is 0 Å². The van der Waals surface area contributed by atoms with Crippen molar-refractivity contribution >= 4 is 5.91 Å². The molecule has 0 radical (unpaired) electrons. The molecule has 3 N–H and O–H groups in total. The maximum atomic E-state index is 11.7. The quantitative estimate of drug-likeness (QED) is 0.742. The first kappa shape index (κ1) is 11.6. The molecule has 1 aromatic heterocycles. The Morgan fingerprint density at radius 3 is 2.80 bits per heavy atom. The number of amides is 1. The van der Waals surface area contributed by atoms with E-state index in [2.05, 4.69) is 15.5 Å². The van der Waals surface area contributed by atoms with Crippen LogP contribution in [0.15, 0.2) is 6.07 Å². The normalized spacial score (nSPS) is 12.3. The van der Waals surface area contributed by atoms with Gasteiger partial charge in [0.15, 0.2) is 0 Å². The fourth-order valence-electron chi connectivity index (χ4n) is 1.13. The summed E-state index contributed by atoms with van der Waals surface area (Å²) in [4.78, 5) is 11.7. The Labute approximate surface area is 89.1 Å². The van der Waals surface area contributed by atoms with E-state index in [0.717, 1.165) is 5.69 Å². The number of aryl methyl sites for hydroxylation is 2. The summed E-state index contributed by atoms with van der Waals surface area (Å²) in [6.07, 6.45) is 0. The van der Waals surface area contributed by atoms with Gasteiger partial charge in [-0.1, -0.05) is 0 Å². The smallest absolute Gasteiger partial charge is 0.253 e. The number of aromatic nitrogens is 2. The molecule has 82 valence electrons. The third-order valence-corrected chi connectivity index (χ3v) is 1.93. The van der Waals surface area contributed by atoms with Gasteiger partial charge in [0.25, 0.3) is 5.91 Å². The summed E-state index contributed by atoms with van der Waals surface area (Å²) in [7, 11) is 0. The van der Waals surface area contributed by atoms with Gasteiger partial charge in [0, 0.05) is 12.6 Å². The van der Waals surface area contributed by atoms with Crippen molar-refractivity contribution in [3.05, 3.63) is 23.0 Å². The summed E-state index contributed by atoms with van der Waals surface area (Å²) in [5.41, 5.74) is 7.46. The van der Waals surface area contributed by atoms with Crippen LogP contribution in [0, 0.1) is 13.8 Å². The Hall–Kier alpha value is -1.49. The Balaban J connectivity index is 2.77. The monoisotopic (exact) mass is 208 g/mol. The highest BCUT2D eigenvalue weighted by atomic mass is 16.1. The van der Waals surface area contributed by atoms with Gasteiger partial charge in [-0.25, -0.2) is 0 Å². The molecule has 0 saturated carbocycles.